The van der Waals surface area contributed by atoms with E-state index >= 15 is 0 Å². The van der Waals surface area contributed by atoms with E-state index in [1.54, 1.807) is 18.9 Å². The molecule has 0 saturated carbocycles. The summed E-state index contributed by atoms with van der Waals surface area (Å²) in [6.07, 6.45) is 1.39. The summed E-state index contributed by atoms with van der Waals surface area (Å²) in [6.45, 7) is 9.22. The SMILES string of the molecule is CCNC(=O)NC(=O)CN1CCC[C@H](N(C)C(=O)OC(C)(C)C)C1. The number of likely N-dealkylation sites (N-methyl/N-ethyl adjacent to an activating group) is 1. The molecule has 8 nitrogen and oxygen atoms in total. The predicted octanol–water partition coefficient (Wildman–Crippen LogP) is 1.16. The third-order valence-electron chi connectivity index (χ3n) is 3.67. The van der Waals surface area contributed by atoms with Gasteiger partial charge in [0.25, 0.3) is 0 Å². The number of carbonyl (C=O) groups is 3. The van der Waals surface area contributed by atoms with E-state index in [0.29, 0.717) is 13.1 Å². The van der Waals surface area contributed by atoms with Crippen molar-refractivity contribution in [2.45, 2.75) is 52.2 Å². The van der Waals surface area contributed by atoms with E-state index in [0.717, 1.165) is 19.4 Å². The number of hydrogen-bond donors (Lipinski definition) is 2. The Morgan fingerprint density at radius 2 is 1.96 bits per heavy atom. The number of hydrogen-bond acceptors (Lipinski definition) is 5. The smallest absolute Gasteiger partial charge is 0.410 e. The Kier molecular flexibility index (Phi) is 7.47. The topological polar surface area (TPSA) is 91.0 Å². The molecule has 0 unspecified atom stereocenters. The molecule has 1 heterocycles. The van der Waals surface area contributed by atoms with E-state index in [-0.39, 0.29) is 24.6 Å². The van der Waals surface area contributed by atoms with Crippen LogP contribution in [-0.4, -0.2) is 72.7 Å². The molecule has 138 valence electrons. The van der Waals surface area contributed by atoms with Crippen molar-refractivity contribution in [2.24, 2.45) is 0 Å². The minimum absolute atomic E-state index is 0.00846. The van der Waals surface area contributed by atoms with Gasteiger partial charge in [-0.25, -0.2) is 9.59 Å². The molecule has 1 atom stereocenters. The van der Waals surface area contributed by atoms with Gasteiger partial charge in [-0.15, -0.1) is 0 Å². The standard InChI is InChI=1S/C16H30N4O4/c1-6-17-14(22)18-13(21)11-20-9-7-8-12(10-20)19(5)15(23)24-16(2,3)4/h12H,6-11H2,1-5H3,(H2,17,18,21,22)/t12-/m0/s1. The first-order valence-electron chi connectivity index (χ1n) is 8.38. The fraction of sp³-hybridized carbons (Fsp3) is 0.812. The van der Waals surface area contributed by atoms with Crippen LogP contribution in [0.3, 0.4) is 0 Å². The minimum Gasteiger partial charge on any atom is -0.444 e. The number of nitrogens with one attached hydrogen (secondary N) is 2. The number of ether oxygens (including phenoxy) is 1. The fourth-order valence-corrected chi connectivity index (χ4v) is 2.55. The van der Waals surface area contributed by atoms with Gasteiger partial charge in [0.15, 0.2) is 0 Å². The fourth-order valence-electron chi connectivity index (χ4n) is 2.55. The molecule has 1 rings (SSSR count). The largest absolute Gasteiger partial charge is 0.444 e. The van der Waals surface area contributed by atoms with E-state index in [4.69, 9.17) is 4.74 Å². The number of imide groups is 1. The van der Waals surface area contributed by atoms with Crippen LogP contribution in [0.25, 0.3) is 0 Å². The summed E-state index contributed by atoms with van der Waals surface area (Å²) in [5.41, 5.74) is -0.535. The number of likely N-dealkylation sites (tertiary alicyclic amines) is 1. The monoisotopic (exact) mass is 342 g/mol. The third kappa shape index (κ3) is 7.16. The van der Waals surface area contributed by atoms with Gasteiger partial charge >= 0.3 is 12.1 Å². The Hall–Kier alpha value is -1.83. The van der Waals surface area contributed by atoms with Crippen molar-refractivity contribution in [1.82, 2.24) is 20.4 Å². The maximum absolute atomic E-state index is 12.2. The zero-order valence-electron chi connectivity index (χ0n) is 15.3. The molecule has 0 aromatic carbocycles. The summed E-state index contributed by atoms with van der Waals surface area (Å²) >= 11 is 0. The summed E-state index contributed by atoms with van der Waals surface area (Å²) in [7, 11) is 1.72. The number of urea groups is 1. The second-order valence-corrected chi connectivity index (χ2v) is 7.03. The van der Waals surface area contributed by atoms with Gasteiger partial charge in [0.1, 0.15) is 5.60 Å². The van der Waals surface area contributed by atoms with Crippen LogP contribution >= 0.6 is 0 Å². The lowest BCUT2D eigenvalue weighted by Crippen LogP contribution is -2.52. The molecule has 1 aliphatic heterocycles. The van der Waals surface area contributed by atoms with Crippen LogP contribution in [0.15, 0.2) is 0 Å². The summed E-state index contributed by atoms with van der Waals surface area (Å²) in [6, 6.07) is -0.493. The van der Waals surface area contributed by atoms with Crippen LogP contribution in [0, 0.1) is 0 Å². The van der Waals surface area contributed by atoms with Crippen LogP contribution in [0.4, 0.5) is 9.59 Å². The van der Waals surface area contributed by atoms with Crippen molar-refractivity contribution >= 4 is 18.0 Å². The molecule has 0 aromatic heterocycles. The lowest BCUT2D eigenvalue weighted by atomic mass is 10.0. The number of piperidine rings is 1. The van der Waals surface area contributed by atoms with Crippen molar-refractivity contribution < 1.29 is 19.1 Å². The van der Waals surface area contributed by atoms with Crippen molar-refractivity contribution in [3.8, 4) is 0 Å². The lowest BCUT2D eigenvalue weighted by Gasteiger charge is -2.37. The summed E-state index contributed by atoms with van der Waals surface area (Å²) in [4.78, 5) is 38.9. The van der Waals surface area contributed by atoms with Gasteiger partial charge in [-0.2, -0.15) is 0 Å². The highest BCUT2D eigenvalue weighted by atomic mass is 16.6. The van der Waals surface area contributed by atoms with E-state index < -0.39 is 11.6 Å². The number of amides is 4. The van der Waals surface area contributed by atoms with E-state index in [9.17, 15) is 14.4 Å². The first-order valence-corrected chi connectivity index (χ1v) is 8.38. The van der Waals surface area contributed by atoms with Crippen LogP contribution in [0.1, 0.15) is 40.5 Å². The van der Waals surface area contributed by atoms with Gasteiger partial charge in [0.05, 0.1) is 6.54 Å². The molecule has 1 fully saturated rings. The quantitative estimate of drug-likeness (QED) is 0.800. The molecular weight excluding hydrogens is 312 g/mol. The van der Waals surface area contributed by atoms with Crippen LogP contribution in [-0.2, 0) is 9.53 Å². The Morgan fingerprint density at radius 3 is 2.54 bits per heavy atom. The molecule has 0 radical (unpaired) electrons. The third-order valence-corrected chi connectivity index (χ3v) is 3.67. The molecular formula is C16H30N4O4. The number of rotatable bonds is 4. The first-order chi connectivity index (χ1) is 11.1. The molecule has 0 bridgehead atoms. The lowest BCUT2D eigenvalue weighted by molar-refractivity contribution is -0.121. The molecule has 4 amide bonds. The molecule has 1 saturated heterocycles. The first kappa shape index (κ1) is 20.2. The molecule has 1 aliphatic rings. The highest BCUT2D eigenvalue weighted by Crippen LogP contribution is 2.17. The highest BCUT2D eigenvalue weighted by Gasteiger charge is 2.29. The van der Waals surface area contributed by atoms with Crippen LogP contribution < -0.4 is 10.6 Å². The maximum Gasteiger partial charge on any atom is 0.410 e. The average molecular weight is 342 g/mol. The second kappa shape index (κ2) is 8.86. The predicted molar refractivity (Wildman–Crippen MR) is 90.7 cm³/mol. The highest BCUT2D eigenvalue weighted by molar-refractivity contribution is 5.95. The van der Waals surface area contributed by atoms with Crippen molar-refractivity contribution in [1.29, 1.82) is 0 Å². The number of carbonyl (C=O) groups excluding carboxylic acids is 3. The van der Waals surface area contributed by atoms with Gasteiger partial charge < -0.3 is 15.0 Å². The second-order valence-electron chi connectivity index (χ2n) is 7.03. The molecule has 24 heavy (non-hydrogen) atoms. The zero-order chi connectivity index (χ0) is 18.3. The van der Waals surface area contributed by atoms with Gasteiger partial charge in [-0.3, -0.25) is 15.0 Å². The number of nitrogens with zero attached hydrogens (tertiary/aromatic N) is 2. The van der Waals surface area contributed by atoms with Gasteiger partial charge in [0.2, 0.25) is 5.91 Å². The van der Waals surface area contributed by atoms with Crippen LogP contribution in [0.5, 0.6) is 0 Å². The van der Waals surface area contributed by atoms with Crippen molar-refractivity contribution in [2.75, 3.05) is 33.2 Å². The molecule has 0 spiro atoms. The summed E-state index contributed by atoms with van der Waals surface area (Å²) in [5, 5.41) is 4.81. The van der Waals surface area contributed by atoms with Gasteiger partial charge in [-0.05, 0) is 47.1 Å². The van der Waals surface area contributed by atoms with E-state index in [2.05, 4.69) is 10.6 Å². The van der Waals surface area contributed by atoms with Crippen molar-refractivity contribution in [3.05, 3.63) is 0 Å². The zero-order valence-corrected chi connectivity index (χ0v) is 15.3. The summed E-state index contributed by atoms with van der Waals surface area (Å²) in [5.74, 6) is -0.346. The minimum atomic E-state index is -0.535. The van der Waals surface area contributed by atoms with Gasteiger partial charge in [-0.1, -0.05) is 0 Å². The maximum atomic E-state index is 12.2. The summed E-state index contributed by atoms with van der Waals surface area (Å²) < 4.78 is 5.38. The van der Waals surface area contributed by atoms with Gasteiger partial charge in [0, 0.05) is 26.2 Å². The molecule has 0 aromatic rings. The Bertz CT molecular complexity index is 461. The van der Waals surface area contributed by atoms with E-state index in [1.807, 2.05) is 25.7 Å². The van der Waals surface area contributed by atoms with E-state index in [1.165, 1.54) is 0 Å². The molecule has 2 N–H and O–H groups in total. The molecule has 0 aliphatic carbocycles. The van der Waals surface area contributed by atoms with Crippen LogP contribution in [0.2, 0.25) is 0 Å². The molecule has 8 heteroatoms. The normalized spacial score (nSPS) is 18.6. The van der Waals surface area contributed by atoms with Crippen molar-refractivity contribution in [3.63, 3.8) is 0 Å². The Labute approximate surface area is 143 Å². The Balaban J connectivity index is 2.50. The average Bonchev–Trinajstić information content (AvgIpc) is 2.44. The Morgan fingerprint density at radius 1 is 1.29 bits per heavy atom.